The summed E-state index contributed by atoms with van der Waals surface area (Å²) in [5, 5.41) is -0.138. The number of halogens is 1. The van der Waals surface area contributed by atoms with Crippen molar-refractivity contribution in [1.29, 1.82) is 0 Å². The fourth-order valence-electron chi connectivity index (χ4n) is 2.05. The van der Waals surface area contributed by atoms with E-state index in [0.717, 1.165) is 11.8 Å². The molecular formula is C13H14FNO3S. The van der Waals surface area contributed by atoms with Gasteiger partial charge in [0.1, 0.15) is 5.75 Å². The highest BCUT2D eigenvalue weighted by molar-refractivity contribution is 8.14. The van der Waals surface area contributed by atoms with Crippen LogP contribution in [0.1, 0.15) is 13.3 Å². The van der Waals surface area contributed by atoms with Gasteiger partial charge < -0.3 is 9.64 Å². The number of amides is 1. The summed E-state index contributed by atoms with van der Waals surface area (Å²) in [6.07, 6.45) is 0.260. The molecule has 1 aromatic carbocycles. The van der Waals surface area contributed by atoms with Crippen LogP contribution in [-0.2, 0) is 9.59 Å². The van der Waals surface area contributed by atoms with E-state index in [2.05, 4.69) is 0 Å². The molecular weight excluding hydrogens is 269 g/mol. The van der Waals surface area contributed by atoms with Crippen LogP contribution in [0.15, 0.2) is 18.2 Å². The second kappa shape index (κ2) is 5.61. The van der Waals surface area contributed by atoms with E-state index >= 15 is 0 Å². The maximum absolute atomic E-state index is 13.9. The average Bonchev–Trinajstić information content (AvgIpc) is 2.69. The van der Waals surface area contributed by atoms with Gasteiger partial charge in [-0.1, -0.05) is 11.8 Å². The lowest BCUT2D eigenvalue weighted by Gasteiger charge is -2.17. The molecule has 1 saturated heterocycles. The van der Waals surface area contributed by atoms with Crippen LogP contribution in [0, 0.1) is 5.82 Å². The minimum absolute atomic E-state index is 0.0325. The molecule has 0 radical (unpaired) electrons. The first-order valence-corrected chi connectivity index (χ1v) is 6.70. The fraction of sp³-hybridized carbons (Fsp3) is 0.385. The van der Waals surface area contributed by atoms with Gasteiger partial charge in [-0.25, -0.2) is 4.39 Å². The van der Waals surface area contributed by atoms with Crippen molar-refractivity contribution in [3.05, 3.63) is 24.0 Å². The summed E-state index contributed by atoms with van der Waals surface area (Å²) in [7, 11) is 1.45. The van der Waals surface area contributed by atoms with Gasteiger partial charge in [0.15, 0.2) is 10.9 Å². The first-order valence-electron chi connectivity index (χ1n) is 5.82. The van der Waals surface area contributed by atoms with Crippen LogP contribution >= 0.6 is 11.8 Å². The van der Waals surface area contributed by atoms with Gasteiger partial charge in [0.2, 0.25) is 5.91 Å². The number of thioether (sulfide) groups is 1. The van der Waals surface area contributed by atoms with Crippen molar-refractivity contribution in [2.24, 2.45) is 0 Å². The molecule has 6 heteroatoms. The van der Waals surface area contributed by atoms with Crippen molar-refractivity contribution in [1.82, 2.24) is 0 Å². The van der Waals surface area contributed by atoms with E-state index < -0.39 is 5.82 Å². The fourth-order valence-corrected chi connectivity index (χ4v) is 2.97. The number of ether oxygens (including phenoxy) is 1. The van der Waals surface area contributed by atoms with Crippen molar-refractivity contribution in [2.75, 3.05) is 18.6 Å². The molecule has 1 aliphatic heterocycles. The summed E-state index contributed by atoms with van der Waals surface area (Å²) >= 11 is 1.13. The van der Waals surface area contributed by atoms with Gasteiger partial charge in [-0.15, -0.1) is 0 Å². The molecule has 0 N–H and O–H groups in total. The summed E-state index contributed by atoms with van der Waals surface area (Å²) in [4.78, 5) is 24.3. The number of hydrogen-bond donors (Lipinski definition) is 0. The molecule has 0 bridgehead atoms. The zero-order valence-electron chi connectivity index (χ0n) is 10.7. The van der Waals surface area contributed by atoms with Crippen LogP contribution in [0.2, 0.25) is 0 Å². The number of anilines is 1. The van der Waals surface area contributed by atoms with Crippen LogP contribution in [0.25, 0.3) is 0 Å². The molecule has 1 fully saturated rings. The maximum Gasteiger partial charge on any atom is 0.228 e. The monoisotopic (exact) mass is 283 g/mol. The highest BCUT2D eigenvalue weighted by Crippen LogP contribution is 2.31. The van der Waals surface area contributed by atoms with Gasteiger partial charge in [0.05, 0.1) is 12.8 Å². The minimum atomic E-state index is -0.499. The lowest BCUT2D eigenvalue weighted by Crippen LogP contribution is -2.25. The average molecular weight is 283 g/mol. The number of nitrogens with zero attached hydrogens (tertiary/aromatic N) is 1. The largest absolute Gasteiger partial charge is 0.497 e. The number of rotatable bonds is 3. The van der Waals surface area contributed by atoms with E-state index in [1.165, 1.54) is 31.1 Å². The molecule has 2 rings (SSSR count). The Morgan fingerprint density at radius 1 is 1.53 bits per heavy atom. The molecule has 4 nitrogen and oxygen atoms in total. The van der Waals surface area contributed by atoms with Gasteiger partial charge in [0.25, 0.3) is 0 Å². The quantitative estimate of drug-likeness (QED) is 0.853. The normalized spacial score (nSPS) is 18.8. The van der Waals surface area contributed by atoms with Crippen LogP contribution in [0.4, 0.5) is 10.1 Å². The number of hydrogen-bond acceptors (Lipinski definition) is 4. The van der Waals surface area contributed by atoms with Gasteiger partial charge in [-0.05, 0) is 12.1 Å². The van der Waals surface area contributed by atoms with E-state index in [-0.39, 0.29) is 28.4 Å². The molecule has 19 heavy (non-hydrogen) atoms. The van der Waals surface area contributed by atoms with Crippen molar-refractivity contribution < 1.29 is 18.7 Å². The molecule has 0 aliphatic carbocycles. The van der Waals surface area contributed by atoms with Gasteiger partial charge in [0, 0.05) is 31.2 Å². The molecule has 1 unspecified atom stereocenters. The number of carbonyl (C=O) groups excluding carboxylic acids is 2. The van der Waals surface area contributed by atoms with Crippen molar-refractivity contribution in [3.8, 4) is 5.75 Å². The molecule has 1 heterocycles. The zero-order valence-corrected chi connectivity index (χ0v) is 11.5. The SMILES string of the molecule is COc1ccc(N2CC(SC(C)=O)CC2=O)c(F)c1. The highest BCUT2D eigenvalue weighted by Gasteiger charge is 2.33. The van der Waals surface area contributed by atoms with E-state index in [9.17, 15) is 14.0 Å². The Kier molecular flexibility index (Phi) is 4.09. The Labute approximate surface area is 114 Å². The Hall–Kier alpha value is -1.56. The van der Waals surface area contributed by atoms with Gasteiger partial charge in [-0.3, -0.25) is 9.59 Å². The molecule has 102 valence electrons. The van der Waals surface area contributed by atoms with Crippen LogP contribution in [-0.4, -0.2) is 29.9 Å². The minimum Gasteiger partial charge on any atom is -0.497 e. The molecule has 0 spiro atoms. The summed E-state index contributed by atoms with van der Waals surface area (Å²) in [6, 6.07) is 4.37. The van der Waals surface area contributed by atoms with Crippen LogP contribution < -0.4 is 9.64 Å². The third kappa shape index (κ3) is 3.07. The predicted octanol–water partition coefficient (Wildman–Crippen LogP) is 2.22. The maximum atomic E-state index is 13.9. The molecule has 1 aromatic rings. The number of methoxy groups -OCH3 is 1. The standard InChI is InChI=1S/C13H14FNO3S/c1-8(16)19-10-6-13(17)15(7-10)12-4-3-9(18-2)5-11(12)14/h3-5,10H,6-7H2,1-2H3. The second-order valence-electron chi connectivity index (χ2n) is 4.26. The summed E-state index contributed by atoms with van der Waals surface area (Å²) in [5.74, 6) is -0.258. The highest BCUT2D eigenvalue weighted by atomic mass is 32.2. The topological polar surface area (TPSA) is 46.6 Å². The first-order chi connectivity index (χ1) is 9.01. The van der Waals surface area contributed by atoms with E-state index in [1.807, 2.05) is 0 Å². The number of benzene rings is 1. The third-order valence-corrected chi connectivity index (χ3v) is 3.85. The first kappa shape index (κ1) is 13.9. The van der Waals surface area contributed by atoms with Crippen LogP contribution in [0.5, 0.6) is 5.75 Å². The lowest BCUT2D eigenvalue weighted by molar-refractivity contribution is -0.117. The van der Waals surface area contributed by atoms with Gasteiger partial charge >= 0.3 is 0 Å². The van der Waals surface area contributed by atoms with E-state index in [4.69, 9.17) is 4.74 Å². The lowest BCUT2D eigenvalue weighted by atomic mass is 10.2. The predicted molar refractivity (Wildman–Crippen MR) is 72.0 cm³/mol. The van der Waals surface area contributed by atoms with Crippen LogP contribution in [0.3, 0.4) is 0 Å². The Morgan fingerprint density at radius 3 is 2.84 bits per heavy atom. The molecule has 0 saturated carbocycles. The molecule has 0 aromatic heterocycles. The second-order valence-corrected chi connectivity index (χ2v) is 5.73. The molecule has 1 amide bonds. The van der Waals surface area contributed by atoms with Crippen molar-refractivity contribution >= 4 is 28.5 Å². The molecule has 1 atom stereocenters. The third-order valence-electron chi connectivity index (χ3n) is 2.87. The zero-order chi connectivity index (χ0) is 14.0. The summed E-state index contributed by atoms with van der Waals surface area (Å²) in [5.41, 5.74) is 0.234. The van der Waals surface area contributed by atoms with Gasteiger partial charge in [-0.2, -0.15) is 0 Å². The van der Waals surface area contributed by atoms with E-state index in [1.54, 1.807) is 6.07 Å². The Bertz CT molecular complexity index is 521. The summed E-state index contributed by atoms with van der Waals surface area (Å²) in [6.45, 7) is 1.82. The smallest absolute Gasteiger partial charge is 0.228 e. The van der Waals surface area contributed by atoms with Crippen molar-refractivity contribution in [3.63, 3.8) is 0 Å². The summed E-state index contributed by atoms with van der Waals surface area (Å²) < 4.78 is 18.8. The van der Waals surface area contributed by atoms with Crippen molar-refractivity contribution in [2.45, 2.75) is 18.6 Å². The number of carbonyl (C=O) groups is 2. The molecule has 1 aliphatic rings. The Balaban J connectivity index is 2.18. The Morgan fingerprint density at radius 2 is 2.26 bits per heavy atom. The van der Waals surface area contributed by atoms with E-state index in [0.29, 0.717) is 12.3 Å².